The molecule has 0 radical (unpaired) electrons. The van der Waals surface area contributed by atoms with Crippen molar-refractivity contribution < 1.29 is 14.2 Å². The molecule has 0 unspecified atom stereocenters. The summed E-state index contributed by atoms with van der Waals surface area (Å²) in [5, 5.41) is 27.4. The Labute approximate surface area is 338 Å². The van der Waals surface area contributed by atoms with Gasteiger partial charge in [0, 0.05) is 103 Å². The first-order valence-electron chi connectivity index (χ1n) is 21.2. The number of aromatic nitrogens is 4. The van der Waals surface area contributed by atoms with Crippen molar-refractivity contribution in [2.45, 2.75) is 77.0 Å². The van der Waals surface area contributed by atoms with E-state index >= 15 is 0 Å². The average Bonchev–Trinajstić information content (AvgIpc) is 4.00. The third kappa shape index (κ3) is 7.59. The van der Waals surface area contributed by atoms with E-state index in [1.165, 1.54) is 106 Å². The van der Waals surface area contributed by atoms with E-state index < -0.39 is 4.92 Å². The van der Waals surface area contributed by atoms with Gasteiger partial charge in [0.25, 0.3) is 0 Å². The van der Waals surface area contributed by atoms with Gasteiger partial charge in [-0.15, -0.1) is 0 Å². The molecule has 4 fully saturated rings. The lowest BCUT2D eigenvalue weighted by molar-refractivity contribution is -0.383. The van der Waals surface area contributed by atoms with Crippen molar-refractivity contribution in [3.8, 4) is 22.3 Å². The van der Waals surface area contributed by atoms with Crippen molar-refractivity contribution in [2.24, 2.45) is 0 Å². The summed E-state index contributed by atoms with van der Waals surface area (Å²) in [6.07, 6.45) is 15.1. The van der Waals surface area contributed by atoms with Crippen LogP contribution in [0.15, 0.2) is 69.9 Å². The second-order valence-corrected chi connectivity index (χ2v) is 16.1. The van der Waals surface area contributed by atoms with E-state index in [9.17, 15) is 10.1 Å². The second-order valence-electron chi connectivity index (χ2n) is 16.1. The monoisotopic (exact) mass is 784 g/mol. The number of nitrogen functional groups attached to an aromatic ring is 1. The number of hydrogen-bond donors (Lipinski definition) is 1. The van der Waals surface area contributed by atoms with Crippen LogP contribution in [0.4, 0.5) is 34.1 Å². The fourth-order valence-corrected chi connectivity index (χ4v) is 9.31. The lowest BCUT2D eigenvalue weighted by atomic mass is 9.98. The molecule has 4 aliphatic rings. The van der Waals surface area contributed by atoms with Crippen LogP contribution >= 0.6 is 0 Å². The van der Waals surface area contributed by atoms with Gasteiger partial charge in [-0.2, -0.15) is 0 Å². The van der Waals surface area contributed by atoms with E-state index in [1.807, 2.05) is 12.1 Å². The van der Waals surface area contributed by atoms with Crippen molar-refractivity contribution in [1.82, 2.24) is 20.6 Å². The predicted octanol–water partition coefficient (Wildman–Crippen LogP) is 9.23. The van der Waals surface area contributed by atoms with E-state index in [-0.39, 0.29) is 11.2 Å². The van der Waals surface area contributed by atoms with Gasteiger partial charge in [0.1, 0.15) is 11.0 Å². The molecule has 2 N–H and O–H groups in total. The molecule has 4 saturated heterocycles. The van der Waals surface area contributed by atoms with Gasteiger partial charge in [0.15, 0.2) is 5.52 Å². The van der Waals surface area contributed by atoms with Gasteiger partial charge in [-0.05, 0) is 140 Å². The molecule has 4 aromatic carbocycles. The minimum absolute atomic E-state index is 0.0838. The maximum Gasteiger partial charge on any atom is 0.300 e. The summed E-state index contributed by atoms with van der Waals surface area (Å²) in [5.74, 6) is 0. The minimum atomic E-state index is -0.443. The smallest absolute Gasteiger partial charge is 0.300 e. The molecule has 6 heterocycles. The lowest BCUT2D eigenvalue weighted by Crippen LogP contribution is -2.31. The highest BCUT2D eigenvalue weighted by Gasteiger charge is 2.25. The van der Waals surface area contributed by atoms with Crippen LogP contribution in [0.5, 0.6) is 0 Å². The number of nitro benzene ring substituents is 1. The summed E-state index contributed by atoms with van der Waals surface area (Å²) >= 11 is 0. The molecule has 0 aliphatic carbocycles. The Kier molecular flexibility index (Phi) is 11.0. The zero-order valence-corrected chi connectivity index (χ0v) is 33.2. The van der Waals surface area contributed by atoms with Crippen LogP contribution in [-0.2, 0) is 0 Å². The largest absolute Gasteiger partial charge is 0.397 e. The Morgan fingerprint density at radius 2 is 0.845 bits per heavy atom. The fourth-order valence-electron chi connectivity index (χ4n) is 9.31. The lowest BCUT2D eigenvalue weighted by Gasteiger charge is -2.34. The molecule has 6 aromatic rings. The topological polar surface area (TPSA) is 160 Å². The summed E-state index contributed by atoms with van der Waals surface area (Å²) in [4.78, 5) is 20.9. The Hall–Kier alpha value is -5.92. The molecule has 0 saturated carbocycles. The van der Waals surface area contributed by atoms with Gasteiger partial charge in [-0.3, -0.25) is 10.1 Å². The summed E-state index contributed by atoms with van der Waals surface area (Å²) in [7, 11) is 0. The number of nitrogens with zero attached hydrogens (tertiary/aromatic N) is 9. The minimum Gasteiger partial charge on any atom is -0.397 e. The predicted molar refractivity (Wildman–Crippen MR) is 230 cm³/mol. The van der Waals surface area contributed by atoms with Crippen molar-refractivity contribution in [3.63, 3.8) is 0 Å². The number of piperidine rings is 4. The Morgan fingerprint density at radius 3 is 1.31 bits per heavy atom. The molecule has 14 nitrogen and oxygen atoms in total. The first kappa shape index (κ1) is 37.6. The molecule has 58 heavy (non-hydrogen) atoms. The summed E-state index contributed by atoms with van der Waals surface area (Å²) in [5.41, 5.74) is 17.7. The first-order valence-corrected chi connectivity index (χ1v) is 21.2. The average molecular weight is 785 g/mol. The van der Waals surface area contributed by atoms with E-state index in [0.29, 0.717) is 16.7 Å². The fraction of sp³-hybridized carbons (Fsp3) is 0.455. The van der Waals surface area contributed by atoms with Crippen molar-refractivity contribution in [1.29, 1.82) is 0 Å². The number of hydrogen-bond acceptors (Lipinski definition) is 13. The normalized spacial score (nSPS) is 17.7. The molecular formula is C44H52N10O4. The zero-order chi connectivity index (χ0) is 39.4. The quantitative estimate of drug-likeness (QED) is 0.0928. The highest BCUT2D eigenvalue weighted by molar-refractivity contribution is 6.01. The number of benzene rings is 4. The Morgan fingerprint density at radius 1 is 0.466 bits per heavy atom. The second kappa shape index (κ2) is 16.9. The molecule has 14 heteroatoms. The van der Waals surface area contributed by atoms with Crippen LogP contribution in [0.3, 0.4) is 0 Å². The van der Waals surface area contributed by atoms with Crippen LogP contribution in [0.1, 0.15) is 77.0 Å². The molecular weight excluding hydrogens is 733 g/mol. The number of anilines is 5. The van der Waals surface area contributed by atoms with E-state index in [1.54, 1.807) is 6.07 Å². The summed E-state index contributed by atoms with van der Waals surface area (Å²) in [6.45, 7) is 8.72. The molecule has 2 aromatic heterocycles. The zero-order valence-electron chi connectivity index (χ0n) is 33.2. The number of nitrogens with two attached hydrogens (primary N) is 1. The molecule has 0 amide bonds. The maximum atomic E-state index is 11.4. The standard InChI is InChI=1S/C22H25N5O3.C22H27N5O/c28-27(29)19-10-9-18(21-22(19)24-30-23-21)17-8-7-16(25-11-3-1-4-12-25)15-20(17)26-13-5-2-6-14-26;23-19-10-9-18(21-22(19)25-28-24-21)17-8-7-16(26-11-3-1-4-12-26)15-20(17)27-13-5-2-6-14-27/h7-10,15H,1-6,11-14H2;7-10,15H,1-6,11-14,23H2. The van der Waals surface area contributed by atoms with E-state index in [0.717, 1.165) is 80.3 Å². The first-order chi connectivity index (χ1) is 28.5. The van der Waals surface area contributed by atoms with E-state index in [4.69, 9.17) is 15.0 Å². The molecule has 0 atom stereocenters. The molecule has 0 bridgehead atoms. The molecule has 4 aliphatic heterocycles. The van der Waals surface area contributed by atoms with E-state index in [2.05, 4.69) is 76.6 Å². The number of non-ortho nitro benzene ring substituents is 1. The maximum absolute atomic E-state index is 11.4. The van der Waals surface area contributed by atoms with Gasteiger partial charge in [-0.25, -0.2) is 9.26 Å². The van der Waals surface area contributed by atoms with Gasteiger partial charge >= 0.3 is 5.69 Å². The SMILES string of the molecule is Nc1ccc(-c2ccc(N3CCCCC3)cc2N2CCCCC2)c2nonc12.O=[N+]([O-])c1ccc(-c2ccc(N3CCCCC3)cc2N2CCCCC2)c2nonc12. The molecule has 0 spiro atoms. The van der Waals surface area contributed by atoms with Crippen LogP contribution in [0.25, 0.3) is 44.3 Å². The van der Waals surface area contributed by atoms with Crippen molar-refractivity contribution >= 4 is 56.2 Å². The third-order valence-electron chi connectivity index (χ3n) is 12.4. The van der Waals surface area contributed by atoms with Gasteiger partial charge in [-0.1, -0.05) is 12.1 Å². The van der Waals surface area contributed by atoms with Gasteiger partial charge < -0.3 is 25.3 Å². The molecule has 10 rings (SSSR count). The Balaban J connectivity index is 0.000000151. The number of nitro groups is 1. The van der Waals surface area contributed by atoms with Crippen molar-refractivity contribution in [2.75, 3.05) is 77.7 Å². The third-order valence-corrected chi connectivity index (χ3v) is 12.4. The molecule has 302 valence electrons. The van der Waals surface area contributed by atoms with Crippen molar-refractivity contribution in [3.05, 3.63) is 70.8 Å². The number of fused-ring (bicyclic) bond motifs is 2. The van der Waals surface area contributed by atoms with Gasteiger partial charge in [0.05, 0.1) is 10.6 Å². The van der Waals surface area contributed by atoms with Crippen LogP contribution in [0, 0.1) is 10.1 Å². The van der Waals surface area contributed by atoms with Crippen LogP contribution in [0.2, 0.25) is 0 Å². The summed E-state index contributed by atoms with van der Waals surface area (Å²) in [6, 6.07) is 20.7. The summed E-state index contributed by atoms with van der Waals surface area (Å²) < 4.78 is 9.91. The van der Waals surface area contributed by atoms with Crippen LogP contribution < -0.4 is 25.3 Å². The number of rotatable bonds is 7. The Bertz CT molecular complexity index is 2370. The van der Waals surface area contributed by atoms with Gasteiger partial charge in [0.2, 0.25) is 5.52 Å². The highest BCUT2D eigenvalue weighted by Crippen LogP contribution is 2.42. The highest BCUT2D eigenvalue weighted by atomic mass is 16.6. The van der Waals surface area contributed by atoms with Crippen LogP contribution in [-0.4, -0.2) is 77.9 Å².